The number of fused-ring (bicyclic) bond motifs is 2. The number of rotatable bonds is 3. The molecule has 0 saturated carbocycles. The van der Waals surface area contributed by atoms with Gasteiger partial charge in [-0.2, -0.15) is 0 Å². The minimum Gasteiger partial charge on any atom is -0.363 e. The van der Waals surface area contributed by atoms with E-state index < -0.39 is 0 Å². The molecule has 6 heteroatoms. The van der Waals surface area contributed by atoms with Gasteiger partial charge in [0.05, 0.1) is 35.3 Å². The molecule has 0 saturated heterocycles. The molecule has 124 valence electrons. The van der Waals surface area contributed by atoms with Crippen LogP contribution < -0.4 is 11.0 Å². The van der Waals surface area contributed by atoms with Crippen LogP contribution in [0.2, 0.25) is 0 Å². The first-order valence-corrected chi connectivity index (χ1v) is 8.37. The molecule has 4 aromatic rings. The van der Waals surface area contributed by atoms with Crippen LogP contribution in [0.15, 0.2) is 59.8 Å². The van der Waals surface area contributed by atoms with Gasteiger partial charge in [-0.15, -0.1) is 0 Å². The Balaban J connectivity index is 1.47. The van der Waals surface area contributed by atoms with Gasteiger partial charge in [-0.1, -0.05) is 24.3 Å². The molecule has 1 aliphatic carbocycles. The first-order valence-electron chi connectivity index (χ1n) is 8.37. The molecule has 2 heterocycles. The van der Waals surface area contributed by atoms with Gasteiger partial charge in [0.2, 0.25) is 0 Å². The second-order valence-electron chi connectivity index (χ2n) is 6.38. The fourth-order valence-corrected chi connectivity index (χ4v) is 3.63. The number of aromatic amines is 2. The topological polar surface area (TPSA) is 78.5 Å². The van der Waals surface area contributed by atoms with Gasteiger partial charge in [0, 0.05) is 0 Å². The zero-order valence-corrected chi connectivity index (χ0v) is 13.5. The molecule has 0 aliphatic heterocycles. The predicted octanol–water partition coefficient (Wildman–Crippen LogP) is 3.14. The van der Waals surface area contributed by atoms with Crippen molar-refractivity contribution in [1.29, 1.82) is 0 Å². The van der Waals surface area contributed by atoms with E-state index in [0.29, 0.717) is 0 Å². The third-order valence-corrected chi connectivity index (χ3v) is 4.86. The van der Waals surface area contributed by atoms with Crippen molar-refractivity contribution in [2.24, 2.45) is 0 Å². The molecule has 3 N–H and O–H groups in total. The second kappa shape index (κ2) is 5.37. The lowest BCUT2D eigenvalue weighted by atomic mass is 10.1. The SMILES string of the molecule is O=c1[nH]c(NC2CCc3ccccc32)cn1-c1ccc2nc[nH]c2c1. The maximum Gasteiger partial charge on any atom is 0.331 e. The van der Waals surface area contributed by atoms with Gasteiger partial charge in [0.15, 0.2) is 0 Å². The molecule has 0 amide bonds. The summed E-state index contributed by atoms with van der Waals surface area (Å²) in [5.74, 6) is 0.733. The van der Waals surface area contributed by atoms with Crippen molar-refractivity contribution in [2.45, 2.75) is 18.9 Å². The largest absolute Gasteiger partial charge is 0.363 e. The van der Waals surface area contributed by atoms with E-state index in [1.807, 2.05) is 24.4 Å². The number of nitrogens with zero attached hydrogens (tertiary/aromatic N) is 2. The van der Waals surface area contributed by atoms with Gasteiger partial charge < -0.3 is 10.3 Å². The Hall–Kier alpha value is -3.28. The van der Waals surface area contributed by atoms with E-state index in [1.54, 1.807) is 10.9 Å². The van der Waals surface area contributed by atoms with E-state index >= 15 is 0 Å². The van der Waals surface area contributed by atoms with Gasteiger partial charge in [-0.25, -0.2) is 9.78 Å². The molecule has 0 bridgehead atoms. The van der Waals surface area contributed by atoms with Crippen LogP contribution in [0, 0.1) is 0 Å². The highest BCUT2D eigenvalue weighted by Gasteiger charge is 2.22. The standard InChI is InChI=1S/C19H17N5O/c25-19-23-18(22-15-7-5-12-3-1-2-4-14(12)15)10-24(19)13-6-8-16-17(9-13)21-11-20-16/h1-4,6,8-11,15,22H,5,7H2,(H,20,21)(H,23,25). The summed E-state index contributed by atoms with van der Waals surface area (Å²) in [4.78, 5) is 22.6. The van der Waals surface area contributed by atoms with E-state index in [2.05, 4.69) is 44.5 Å². The number of aryl methyl sites for hydroxylation is 1. The highest BCUT2D eigenvalue weighted by Crippen LogP contribution is 2.33. The van der Waals surface area contributed by atoms with Crippen molar-refractivity contribution in [1.82, 2.24) is 19.5 Å². The normalized spacial score (nSPS) is 16.2. The Kier molecular flexibility index (Phi) is 3.03. The van der Waals surface area contributed by atoms with Crippen LogP contribution in [0.4, 0.5) is 5.82 Å². The van der Waals surface area contributed by atoms with Crippen LogP contribution in [-0.4, -0.2) is 19.5 Å². The first kappa shape index (κ1) is 14.1. The molecular weight excluding hydrogens is 314 g/mol. The molecule has 2 aromatic heterocycles. The summed E-state index contributed by atoms with van der Waals surface area (Å²) in [6.07, 6.45) is 5.57. The summed E-state index contributed by atoms with van der Waals surface area (Å²) in [5, 5.41) is 3.46. The minimum absolute atomic E-state index is 0.160. The summed E-state index contributed by atoms with van der Waals surface area (Å²) < 4.78 is 1.61. The van der Waals surface area contributed by atoms with Gasteiger partial charge >= 0.3 is 5.69 Å². The molecule has 6 nitrogen and oxygen atoms in total. The zero-order valence-electron chi connectivity index (χ0n) is 13.5. The molecule has 0 spiro atoms. The van der Waals surface area contributed by atoms with Crippen molar-refractivity contribution in [3.8, 4) is 5.69 Å². The smallest absolute Gasteiger partial charge is 0.331 e. The molecule has 5 rings (SSSR count). The Morgan fingerprint density at radius 2 is 2.12 bits per heavy atom. The lowest BCUT2D eigenvalue weighted by molar-refractivity contribution is 0.758. The van der Waals surface area contributed by atoms with Crippen LogP contribution in [0.25, 0.3) is 16.7 Å². The van der Waals surface area contributed by atoms with Crippen LogP contribution >= 0.6 is 0 Å². The third-order valence-electron chi connectivity index (χ3n) is 4.86. The maximum atomic E-state index is 12.4. The number of hydrogen-bond acceptors (Lipinski definition) is 3. The summed E-state index contributed by atoms with van der Waals surface area (Å²) >= 11 is 0. The minimum atomic E-state index is -0.160. The Labute approximate surface area is 143 Å². The molecule has 1 atom stereocenters. The van der Waals surface area contributed by atoms with E-state index in [9.17, 15) is 4.79 Å². The summed E-state index contributed by atoms with van der Waals surface area (Å²) in [6, 6.07) is 14.4. The summed E-state index contributed by atoms with van der Waals surface area (Å²) in [6.45, 7) is 0. The molecule has 1 aliphatic rings. The van der Waals surface area contributed by atoms with Gasteiger partial charge in [-0.3, -0.25) is 9.55 Å². The lowest BCUT2D eigenvalue weighted by Gasteiger charge is -2.13. The third kappa shape index (κ3) is 2.34. The van der Waals surface area contributed by atoms with Crippen molar-refractivity contribution < 1.29 is 0 Å². The predicted molar refractivity (Wildman–Crippen MR) is 97.2 cm³/mol. The monoisotopic (exact) mass is 331 g/mol. The van der Waals surface area contributed by atoms with Gasteiger partial charge in [0.25, 0.3) is 0 Å². The fourth-order valence-electron chi connectivity index (χ4n) is 3.63. The number of H-pyrrole nitrogens is 2. The van der Waals surface area contributed by atoms with Crippen molar-refractivity contribution in [2.75, 3.05) is 5.32 Å². The van der Waals surface area contributed by atoms with Crippen molar-refractivity contribution >= 4 is 16.9 Å². The highest BCUT2D eigenvalue weighted by molar-refractivity contribution is 5.76. The van der Waals surface area contributed by atoms with Crippen LogP contribution in [0.3, 0.4) is 0 Å². The zero-order chi connectivity index (χ0) is 16.8. The number of benzene rings is 2. The fraction of sp³-hybridized carbons (Fsp3) is 0.158. The van der Waals surface area contributed by atoms with Crippen molar-refractivity contribution in [3.63, 3.8) is 0 Å². The van der Waals surface area contributed by atoms with Crippen molar-refractivity contribution in [3.05, 3.63) is 76.6 Å². The van der Waals surface area contributed by atoms with Gasteiger partial charge in [-0.05, 0) is 42.2 Å². The Morgan fingerprint density at radius 3 is 3.08 bits per heavy atom. The van der Waals surface area contributed by atoms with E-state index in [1.165, 1.54) is 11.1 Å². The van der Waals surface area contributed by atoms with Crippen LogP contribution in [-0.2, 0) is 6.42 Å². The molecule has 2 aromatic carbocycles. The number of imidazole rings is 2. The van der Waals surface area contributed by atoms with E-state index in [0.717, 1.165) is 35.4 Å². The first-order chi connectivity index (χ1) is 12.3. The number of hydrogen-bond donors (Lipinski definition) is 3. The number of nitrogens with one attached hydrogen (secondary N) is 3. The highest BCUT2D eigenvalue weighted by atomic mass is 16.1. The average Bonchev–Trinajstić information content (AvgIpc) is 3.33. The Bertz CT molecular complexity index is 1120. The van der Waals surface area contributed by atoms with E-state index in [4.69, 9.17) is 0 Å². The second-order valence-corrected chi connectivity index (χ2v) is 6.38. The number of aromatic nitrogens is 4. The molecular formula is C19H17N5O. The number of anilines is 1. The molecule has 0 radical (unpaired) electrons. The summed E-state index contributed by atoms with van der Waals surface area (Å²) in [5.41, 5.74) is 5.13. The van der Waals surface area contributed by atoms with Crippen LogP contribution in [0.1, 0.15) is 23.6 Å². The van der Waals surface area contributed by atoms with Crippen LogP contribution in [0.5, 0.6) is 0 Å². The average molecular weight is 331 g/mol. The van der Waals surface area contributed by atoms with E-state index in [-0.39, 0.29) is 11.7 Å². The molecule has 1 unspecified atom stereocenters. The summed E-state index contributed by atoms with van der Waals surface area (Å²) in [7, 11) is 0. The lowest BCUT2D eigenvalue weighted by Crippen LogP contribution is -2.14. The molecule has 25 heavy (non-hydrogen) atoms. The van der Waals surface area contributed by atoms with Gasteiger partial charge in [0.1, 0.15) is 5.82 Å². The maximum absolute atomic E-state index is 12.4. The molecule has 0 fully saturated rings. The Morgan fingerprint density at radius 1 is 1.20 bits per heavy atom. The quantitative estimate of drug-likeness (QED) is 0.540.